The maximum atomic E-state index is 10.7. The Morgan fingerprint density at radius 1 is 1.36 bits per heavy atom. The predicted octanol–water partition coefficient (Wildman–Crippen LogP) is -2.41. The van der Waals surface area contributed by atoms with Crippen molar-refractivity contribution in [3.05, 3.63) is 23.8 Å². The summed E-state index contributed by atoms with van der Waals surface area (Å²) >= 11 is 0. The van der Waals surface area contributed by atoms with E-state index in [1.54, 1.807) is 6.07 Å². The van der Waals surface area contributed by atoms with E-state index in [2.05, 4.69) is 9.78 Å². The molecule has 0 atom stereocenters. The molecule has 1 aliphatic rings. The molecule has 3 nitrogen and oxygen atoms in total. The Labute approximate surface area is 86.2 Å². The van der Waals surface area contributed by atoms with Gasteiger partial charge in [-0.2, -0.15) is 4.89 Å². The van der Waals surface area contributed by atoms with Crippen LogP contribution in [0.2, 0.25) is 0 Å². The summed E-state index contributed by atoms with van der Waals surface area (Å²) in [7, 11) is 0. The first-order chi connectivity index (χ1) is 4.86. The van der Waals surface area contributed by atoms with Crippen molar-refractivity contribution in [2.75, 3.05) is 0 Å². The zero-order chi connectivity index (χ0) is 6.97. The summed E-state index contributed by atoms with van der Waals surface area (Å²) in [6.07, 6.45) is 0. The molecule has 0 fully saturated rings. The second-order valence-corrected chi connectivity index (χ2v) is 2.12. The average Bonchev–Trinajstić information content (AvgIpc) is 2.33. The standard InChI is InChI=1S/C7H6O3.Na/c8-6-2-1-5-4-9-10-7(5)3-6;/h1-3,8H,4H2;/q;+1/p-1. The SMILES string of the molecule is [Na+].[O-]c1ccc2c(c1)OOC2. The molecular weight excluding hydrogens is 155 g/mol. The molecule has 2 rings (SSSR count). The third-order valence-corrected chi connectivity index (χ3v) is 1.40. The summed E-state index contributed by atoms with van der Waals surface area (Å²) in [6, 6.07) is 4.63. The number of benzene rings is 1. The maximum absolute atomic E-state index is 10.7. The van der Waals surface area contributed by atoms with Crippen LogP contribution >= 0.6 is 0 Å². The topological polar surface area (TPSA) is 41.5 Å². The van der Waals surface area contributed by atoms with Gasteiger partial charge < -0.3 is 9.99 Å². The fraction of sp³-hybridized carbons (Fsp3) is 0.143. The van der Waals surface area contributed by atoms with Gasteiger partial charge in [0.2, 0.25) is 0 Å². The predicted molar refractivity (Wildman–Crippen MR) is 31.3 cm³/mol. The van der Waals surface area contributed by atoms with Crippen molar-refractivity contribution in [1.29, 1.82) is 0 Å². The normalized spacial score (nSPS) is 13.1. The van der Waals surface area contributed by atoms with E-state index >= 15 is 0 Å². The molecule has 0 aromatic heterocycles. The van der Waals surface area contributed by atoms with Gasteiger partial charge in [-0.1, -0.05) is 12.1 Å². The first-order valence-electron chi connectivity index (χ1n) is 2.96. The van der Waals surface area contributed by atoms with Crippen LogP contribution in [0.25, 0.3) is 0 Å². The number of hydrogen-bond acceptors (Lipinski definition) is 3. The van der Waals surface area contributed by atoms with Crippen molar-refractivity contribution >= 4 is 0 Å². The molecule has 1 aromatic carbocycles. The van der Waals surface area contributed by atoms with Crippen molar-refractivity contribution in [3.63, 3.8) is 0 Å². The van der Waals surface area contributed by atoms with Crippen molar-refractivity contribution in [2.24, 2.45) is 0 Å². The van der Waals surface area contributed by atoms with E-state index in [0.717, 1.165) is 5.56 Å². The number of hydrogen-bond donors (Lipinski definition) is 0. The molecule has 4 heteroatoms. The Morgan fingerprint density at radius 2 is 2.18 bits per heavy atom. The van der Waals surface area contributed by atoms with Gasteiger partial charge in [0, 0.05) is 5.56 Å². The molecule has 0 N–H and O–H groups in total. The summed E-state index contributed by atoms with van der Waals surface area (Å²) in [5, 5.41) is 10.7. The molecule has 1 aliphatic heterocycles. The fourth-order valence-electron chi connectivity index (χ4n) is 0.888. The van der Waals surface area contributed by atoms with E-state index in [1.165, 1.54) is 12.1 Å². The minimum atomic E-state index is -0.0516. The summed E-state index contributed by atoms with van der Waals surface area (Å²) in [5.41, 5.74) is 0.930. The van der Waals surface area contributed by atoms with E-state index < -0.39 is 0 Å². The van der Waals surface area contributed by atoms with Crippen molar-refractivity contribution in [2.45, 2.75) is 6.61 Å². The van der Waals surface area contributed by atoms with Crippen LogP contribution in [0.4, 0.5) is 0 Å². The quantitative estimate of drug-likeness (QED) is 0.313. The first kappa shape index (κ1) is 8.87. The van der Waals surface area contributed by atoms with Crippen LogP contribution in [0, 0.1) is 0 Å². The van der Waals surface area contributed by atoms with Crippen molar-refractivity contribution in [1.82, 2.24) is 0 Å². The van der Waals surface area contributed by atoms with E-state index in [-0.39, 0.29) is 35.3 Å². The molecule has 0 saturated carbocycles. The van der Waals surface area contributed by atoms with Gasteiger partial charge in [0.25, 0.3) is 0 Å². The molecule has 0 amide bonds. The Morgan fingerprint density at radius 3 is 3.00 bits per heavy atom. The molecule has 1 aromatic rings. The first-order valence-corrected chi connectivity index (χ1v) is 2.96. The van der Waals surface area contributed by atoms with Crippen molar-refractivity contribution in [3.8, 4) is 11.5 Å². The van der Waals surface area contributed by atoms with Crippen LogP contribution in [0.15, 0.2) is 18.2 Å². The average molecular weight is 160 g/mol. The third-order valence-electron chi connectivity index (χ3n) is 1.40. The Bertz CT molecular complexity index is 262. The summed E-state index contributed by atoms with van der Waals surface area (Å²) in [6.45, 7) is 0.440. The summed E-state index contributed by atoms with van der Waals surface area (Å²) in [5.74, 6) is 0.497. The van der Waals surface area contributed by atoms with Crippen LogP contribution < -0.4 is 39.6 Å². The minimum Gasteiger partial charge on any atom is -0.872 e. The molecule has 0 unspecified atom stereocenters. The second-order valence-electron chi connectivity index (χ2n) is 2.12. The molecule has 0 spiro atoms. The van der Waals surface area contributed by atoms with Gasteiger partial charge in [-0.25, -0.2) is 0 Å². The van der Waals surface area contributed by atoms with Gasteiger partial charge in [-0.15, -0.1) is 5.75 Å². The molecule has 0 bridgehead atoms. The second kappa shape index (κ2) is 3.45. The monoisotopic (exact) mass is 160 g/mol. The number of fused-ring (bicyclic) bond motifs is 1. The van der Waals surface area contributed by atoms with Crippen LogP contribution in [-0.2, 0) is 11.5 Å². The molecule has 1 heterocycles. The number of rotatable bonds is 0. The van der Waals surface area contributed by atoms with E-state index in [9.17, 15) is 5.11 Å². The largest absolute Gasteiger partial charge is 1.00 e. The molecule has 0 radical (unpaired) electrons. The molecular formula is C7H5NaO3. The Kier molecular flexibility index (Phi) is 2.78. The van der Waals surface area contributed by atoms with Crippen LogP contribution in [-0.4, -0.2) is 0 Å². The minimum absolute atomic E-state index is 0. The van der Waals surface area contributed by atoms with Crippen LogP contribution in [0.1, 0.15) is 5.56 Å². The molecule has 52 valence electrons. The zero-order valence-corrected chi connectivity index (χ0v) is 8.16. The molecule has 0 aliphatic carbocycles. The Balaban J connectivity index is 0.000000605. The van der Waals surface area contributed by atoms with E-state index in [4.69, 9.17) is 0 Å². The molecule has 0 saturated heterocycles. The third kappa shape index (κ3) is 1.68. The van der Waals surface area contributed by atoms with Gasteiger partial charge in [0.15, 0.2) is 5.75 Å². The zero-order valence-electron chi connectivity index (χ0n) is 6.16. The van der Waals surface area contributed by atoms with Gasteiger partial charge in [0.05, 0.1) is 0 Å². The van der Waals surface area contributed by atoms with Gasteiger partial charge in [-0.05, 0) is 6.07 Å². The van der Waals surface area contributed by atoms with Gasteiger partial charge >= 0.3 is 29.6 Å². The summed E-state index contributed by atoms with van der Waals surface area (Å²) < 4.78 is 0. The van der Waals surface area contributed by atoms with Crippen LogP contribution in [0.5, 0.6) is 11.5 Å². The van der Waals surface area contributed by atoms with E-state index in [1.807, 2.05) is 0 Å². The fourth-order valence-corrected chi connectivity index (χ4v) is 0.888. The molecule has 11 heavy (non-hydrogen) atoms. The maximum Gasteiger partial charge on any atom is 1.00 e. The van der Waals surface area contributed by atoms with Crippen LogP contribution in [0.3, 0.4) is 0 Å². The van der Waals surface area contributed by atoms with Gasteiger partial charge in [-0.3, -0.25) is 0 Å². The van der Waals surface area contributed by atoms with Crippen molar-refractivity contribution < 1.29 is 44.4 Å². The Hall–Kier alpha value is -0.220. The van der Waals surface area contributed by atoms with Gasteiger partial charge in [0.1, 0.15) is 6.61 Å². The smallest absolute Gasteiger partial charge is 0.872 e. The summed E-state index contributed by atoms with van der Waals surface area (Å²) in [4.78, 5) is 9.31. The van der Waals surface area contributed by atoms with E-state index in [0.29, 0.717) is 12.4 Å².